The van der Waals surface area contributed by atoms with Crippen LogP contribution in [0.15, 0.2) is 34.2 Å². The number of carbonyl (C=O) groups excluding carboxylic acids is 1. The Bertz CT molecular complexity index is 778. The van der Waals surface area contributed by atoms with Gasteiger partial charge in [0.15, 0.2) is 0 Å². The summed E-state index contributed by atoms with van der Waals surface area (Å²) in [6, 6.07) is 2.63. The first-order valence-corrected chi connectivity index (χ1v) is 6.32. The first-order valence-electron chi connectivity index (χ1n) is 6.32. The van der Waals surface area contributed by atoms with Crippen LogP contribution in [0.25, 0.3) is 0 Å². The Balaban J connectivity index is 1.98. The quantitative estimate of drug-likeness (QED) is 0.784. The average molecular weight is 289 g/mol. The molecule has 110 valence electrons. The summed E-state index contributed by atoms with van der Waals surface area (Å²) < 4.78 is 2.51. The van der Waals surface area contributed by atoms with E-state index in [9.17, 15) is 14.4 Å². The van der Waals surface area contributed by atoms with Crippen molar-refractivity contribution >= 4 is 5.91 Å². The van der Waals surface area contributed by atoms with Crippen molar-refractivity contribution in [2.45, 2.75) is 13.5 Å². The van der Waals surface area contributed by atoms with Crippen molar-refractivity contribution in [1.82, 2.24) is 24.6 Å². The molecule has 2 heterocycles. The Kier molecular flexibility index (Phi) is 4.27. The van der Waals surface area contributed by atoms with Crippen molar-refractivity contribution in [3.63, 3.8) is 0 Å². The molecule has 0 aliphatic carbocycles. The number of nitrogens with one attached hydrogen (secondary N) is 1. The number of carbonyl (C=O) groups is 1. The molecule has 0 unspecified atom stereocenters. The molecule has 0 saturated carbocycles. The fraction of sp³-hybridized carbons (Fsp3) is 0.308. The first-order chi connectivity index (χ1) is 9.99. The summed E-state index contributed by atoms with van der Waals surface area (Å²) >= 11 is 0. The van der Waals surface area contributed by atoms with E-state index in [0.29, 0.717) is 12.1 Å². The summed E-state index contributed by atoms with van der Waals surface area (Å²) in [7, 11) is 1.47. The molecule has 0 fully saturated rings. The second-order valence-electron chi connectivity index (χ2n) is 4.51. The van der Waals surface area contributed by atoms with Gasteiger partial charge in [-0.25, -0.2) is 9.67 Å². The lowest BCUT2D eigenvalue weighted by Crippen LogP contribution is -2.33. The zero-order valence-electron chi connectivity index (χ0n) is 11.7. The Morgan fingerprint density at radius 3 is 2.81 bits per heavy atom. The lowest BCUT2D eigenvalue weighted by atomic mass is 10.3. The molecule has 0 aliphatic heterocycles. The van der Waals surface area contributed by atoms with E-state index in [1.165, 1.54) is 36.3 Å². The summed E-state index contributed by atoms with van der Waals surface area (Å²) in [6.45, 7) is 2.25. The molecule has 2 aromatic rings. The molecule has 0 saturated heterocycles. The van der Waals surface area contributed by atoms with Gasteiger partial charge in [-0.15, -0.1) is 0 Å². The second-order valence-corrected chi connectivity index (χ2v) is 4.51. The van der Waals surface area contributed by atoms with Crippen LogP contribution in [-0.4, -0.2) is 31.8 Å². The van der Waals surface area contributed by atoms with Crippen molar-refractivity contribution < 1.29 is 4.79 Å². The highest BCUT2D eigenvalue weighted by molar-refractivity contribution is 5.91. The SMILES string of the molecule is Cc1cncn(CCNC(=O)c2ccc(=O)n(C)n2)c1=O. The maximum absolute atomic E-state index is 11.9. The molecular formula is C13H15N5O3. The maximum atomic E-state index is 11.9. The number of hydrogen-bond acceptors (Lipinski definition) is 5. The van der Waals surface area contributed by atoms with Crippen LogP contribution in [0.4, 0.5) is 0 Å². The molecule has 8 nitrogen and oxygen atoms in total. The average Bonchev–Trinajstić information content (AvgIpc) is 2.46. The number of nitrogens with zero attached hydrogens (tertiary/aromatic N) is 4. The Morgan fingerprint density at radius 2 is 2.10 bits per heavy atom. The van der Waals surface area contributed by atoms with Crippen LogP contribution in [0.1, 0.15) is 16.1 Å². The number of amides is 1. The van der Waals surface area contributed by atoms with Gasteiger partial charge in [-0.2, -0.15) is 5.10 Å². The van der Waals surface area contributed by atoms with Crippen molar-refractivity contribution in [2.75, 3.05) is 6.54 Å². The zero-order valence-corrected chi connectivity index (χ0v) is 11.7. The maximum Gasteiger partial charge on any atom is 0.271 e. The highest BCUT2D eigenvalue weighted by Gasteiger charge is 2.08. The molecule has 8 heteroatoms. The summed E-state index contributed by atoms with van der Waals surface area (Å²) in [5.74, 6) is -0.403. The van der Waals surface area contributed by atoms with Crippen molar-refractivity contribution in [3.8, 4) is 0 Å². The smallest absolute Gasteiger partial charge is 0.271 e. The van der Waals surface area contributed by atoms with Crippen LogP contribution in [-0.2, 0) is 13.6 Å². The predicted molar refractivity (Wildman–Crippen MR) is 75.0 cm³/mol. The van der Waals surface area contributed by atoms with E-state index in [-0.39, 0.29) is 23.4 Å². The van der Waals surface area contributed by atoms with E-state index in [2.05, 4.69) is 15.4 Å². The molecule has 0 bridgehead atoms. The highest BCUT2D eigenvalue weighted by atomic mass is 16.2. The largest absolute Gasteiger partial charge is 0.349 e. The van der Waals surface area contributed by atoms with Crippen molar-refractivity contribution in [1.29, 1.82) is 0 Å². The molecule has 21 heavy (non-hydrogen) atoms. The third-order valence-corrected chi connectivity index (χ3v) is 2.90. The molecule has 1 amide bonds. The molecule has 0 aromatic carbocycles. The van der Waals surface area contributed by atoms with Crippen molar-refractivity contribution in [2.24, 2.45) is 7.05 Å². The molecule has 2 aromatic heterocycles. The normalized spacial score (nSPS) is 10.4. The van der Waals surface area contributed by atoms with Crippen LogP contribution in [0.2, 0.25) is 0 Å². The predicted octanol–water partition coefficient (Wildman–Crippen LogP) is -0.925. The lowest BCUT2D eigenvalue weighted by molar-refractivity contribution is 0.0945. The summed E-state index contributed by atoms with van der Waals surface area (Å²) in [5.41, 5.74) is 0.263. The summed E-state index contributed by atoms with van der Waals surface area (Å²) in [5, 5.41) is 6.48. The van der Waals surface area contributed by atoms with Gasteiger partial charge < -0.3 is 5.32 Å². The van der Waals surface area contributed by atoms with Crippen LogP contribution in [0, 0.1) is 6.92 Å². The van der Waals surface area contributed by atoms with E-state index in [1.807, 2.05) is 0 Å². The molecular weight excluding hydrogens is 274 g/mol. The fourth-order valence-electron chi connectivity index (χ4n) is 1.72. The minimum atomic E-state index is -0.403. The lowest BCUT2D eigenvalue weighted by Gasteiger charge is -2.07. The second kappa shape index (κ2) is 6.12. The molecule has 0 radical (unpaired) electrons. The molecule has 1 N–H and O–H groups in total. The Morgan fingerprint density at radius 1 is 1.33 bits per heavy atom. The zero-order chi connectivity index (χ0) is 15.4. The van der Waals surface area contributed by atoms with E-state index in [0.717, 1.165) is 4.68 Å². The number of aryl methyl sites for hydroxylation is 2. The van der Waals surface area contributed by atoms with E-state index < -0.39 is 5.91 Å². The van der Waals surface area contributed by atoms with E-state index >= 15 is 0 Å². The summed E-state index contributed by atoms with van der Waals surface area (Å²) in [4.78, 5) is 38.7. The number of hydrogen-bond donors (Lipinski definition) is 1. The van der Waals surface area contributed by atoms with Crippen molar-refractivity contribution in [3.05, 3.63) is 56.6 Å². The van der Waals surface area contributed by atoms with Gasteiger partial charge in [0.2, 0.25) is 0 Å². The Labute approximate surface area is 120 Å². The number of aromatic nitrogens is 4. The van der Waals surface area contributed by atoms with Gasteiger partial charge in [0, 0.05) is 38.0 Å². The van der Waals surface area contributed by atoms with E-state index in [1.54, 1.807) is 6.92 Å². The third kappa shape index (κ3) is 3.41. The summed E-state index contributed by atoms with van der Waals surface area (Å²) in [6.07, 6.45) is 2.91. The minimum Gasteiger partial charge on any atom is -0.349 e. The van der Waals surface area contributed by atoms with Gasteiger partial charge in [-0.3, -0.25) is 19.0 Å². The van der Waals surface area contributed by atoms with Gasteiger partial charge in [0.25, 0.3) is 17.0 Å². The third-order valence-electron chi connectivity index (χ3n) is 2.90. The van der Waals surface area contributed by atoms with E-state index in [4.69, 9.17) is 0 Å². The highest BCUT2D eigenvalue weighted by Crippen LogP contribution is 1.90. The van der Waals surface area contributed by atoms with Gasteiger partial charge in [-0.1, -0.05) is 0 Å². The van der Waals surface area contributed by atoms with Gasteiger partial charge in [0.1, 0.15) is 5.69 Å². The standard InChI is InChI=1S/C13H15N5O3/c1-9-7-14-8-18(13(9)21)6-5-15-12(20)10-3-4-11(19)17(2)16-10/h3-4,7-8H,5-6H2,1-2H3,(H,15,20). The van der Waals surface area contributed by atoms with Gasteiger partial charge in [0.05, 0.1) is 6.33 Å². The topological polar surface area (TPSA) is 98.9 Å². The van der Waals surface area contributed by atoms with Crippen LogP contribution < -0.4 is 16.4 Å². The van der Waals surface area contributed by atoms with Gasteiger partial charge >= 0.3 is 0 Å². The van der Waals surface area contributed by atoms with Crippen LogP contribution in [0.5, 0.6) is 0 Å². The number of rotatable bonds is 4. The molecule has 2 rings (SSSR count). The van der Waals surface area contributed by atoms with Gasteiger partial charge in [-0.05, 0) is 13.0 Å². The monoisotopic (exact) mass is 289 g/mol. The fourth-order valence-corrected chi connectivity index (χ4v) is 1.72. The minimum absolute atomic E-state index is 0.139. The van der Waals surface area contributed by atoms with Crippen LogP contribution >= 0.6 is 0 Å². The molecule has 0 atom stereocenters. The first kappa shape index (κ1) is 14.6. The van der Waals surface area contributed by atoms with Crippen LogP contribution in [0.3, 0.4) is 0 Å². The molecule has 0 spiro atoms. The molecule has 0 aliphatic rings. The Hall–Kier alpha value is -2.77.